The molecule has 0 radical (unpaired) electrons. The largest absolute Gasteiger partial charge is 0.507 e. The Balaban J connectivity index is 2.03. The standard InChI is InChI=1S/C21H18BrNO6/c1-3-28-21(27)18-11(2)29-17-8-14(22)20(26)13(19(17)18)9-23-10-16(25)12-6-4-5-7-15(12)24/h4-9,24,26H,3,10H2,1-2H3. The van der Waals surface area contributed by atoms with Crippen molar-refractivity contribution in [1.29, 1.82) is 0 Å². The number of halogens is 1. The van der Waals surface area contributed by atoms with E-state index < -0.39 is 5.97 Å². The van der Waals surface area contributed by atoms with E-state index in [-0.39, 0.29) is 47.1 Å². The van der Waals surface area contributed by atoms with E-state index in [0.29, 0.717) is 21.2 Å². The first-order valence-electron chi connectivity index (χ1n) is 8.77. The molecule has 7 nitrogen and oxygen atoms in total. The van der Waals surface area contributed by atoms with Crippen LogP contribution in [-0.2, 0) is 4.74 Å². The molecular formula is C21H18BrNO6. The smallest absolute Gasteiger partial charge is 0.342 e. The number of aliphatic imine (C=N–C) groups is 1. The third kappa shape index (κ3) is 4.02. The van der Waals surface area contributed by atoms with Gasteiger partial charge in [-0.05, 0) is 48.0 Å². The van der Waals surface area contributed by atoms with Crippen molar-refractivity contribution in [2.75, 3.05) is 13.2 Å². The number of phenolic OH excluding ortho intramolecular Hbond substituents is 2. The van der Waals surface area contributed by atoms with Crippen LogP contribution in [0.4, 0.5) is 0 Å². The summed E-state index contributed by atoms with van der Waals surface area (Å²) >= 11 is 3.25. The molecule has 0 saturated heterocycles. The van der Waals surface area contributed by atoms with Gasteiger partial charge in [-0.1, -0.05) is 12.1 Å². The lowest BCUT2D eigenvalue weighted by Crippen LogP contribution is -2.07. The van der Waals surface area contributed by atoms with Crippen LogP contribution in [-0.4, -0.2) is 41.3 Å². The zero-order valence-corrected chi connectivity index (χ0v) is 17.3. The van der Waals surface area contributed by atoms with Crippen LogP contribution < -0.4 is 0 Å². The summed E-state index contributed by atoms with van der Waals surface area (Å²) in [5.41, 5.74) is 0.931. The molecule has 2 aromatic carbocycles. The highest BCUT2D eigenvalue weighted by Gasteiger charge is 2.24. The number of hydrogen-bond acceptors (Lipinski definition) is 7. The average Bonchev–Trinajstić information content (AvgIpc) is 3.00. The van der Waals surface area contributed by atoms with Crippen LogP contribution in [0.1, 0.15) is 39.0 Å². The summed E-state index contributed by atoms with van der Waals surface area (Å²) in [6, 6.07) is 7.72. The molecule has 3 rings (SSSR count). The molecule has 3 aromatic rings. The topological polar surface area (TPSA) is 109 Å². The molecule has 1 aromatic heterocycles. The Hall–Kier alpha value is -3.13. The molecule has 0 unspecified atom stereocenters. The number of ketones is 1. The lowest BCUT2D eigenvalue weighted by Gasteiger charge is -2.06. The van der Waals surface area contributed by atoms with Gasteiger partial charge in [-0.15, -0.1) is 0 Å². The zero-order valence-electron chi connectivity index (χ0n) is 15.7. The Morgan fingerprint density at radius 3 is 2.69 bits per heavy atom. The minimum Gasteiger partial charge on any atom is -0.507 e. The van der Waals surface area contributed by atoms with Gasteiger partial charge in [-0.3, -0.25) is 9.79 Å². The first-order valence-corrected chi connectivity index (χ1v) is 9.57. The molecule has 2 N–H and O–H groups in total. The van der Waals surface area contributed by atoms with Gasteiger partial charge >= 0.3 is 5.97 Å². The van der Waals surface area contributed by atoms with Crippen molar-refractivity contribution < 1.29 is 29.0 Å². The number of rotatable bonds is 6. The van der Waals surface area contributed by atoms with Crippen LogP contribution in [0, 0.1) is 6.92 Å². The van der Waals surface area contributed by atoms with E-state index in [9.17, 15) is 19.8 Å². The normalized spacial score (nSPS) is 11.3. The Kier molecular flexibility index (Phi) is 6.03. The van der Waals surface area contributed by atoms with Gasteiger partial charge in [0.25, 0.3) is 0 Å². The summed E-state index contributed by atoms with van der Waals surface area (Å²) in [5, 5.41) is 20.6. The van der Waals surface area contributed by atoms with Gasteiger partial charge < -0.3 is 19.4 Å². The number of ether oxygens (including phenoxy) is 1. The second-order valence-electron chi connectivity index (χ2n) is 6.16. The zero-order chi connectivity index (χ0) is 21.1. The molecule has 0 spiro atoms. The molecule has 150 valence electrons. The van der Waals surface area contributed by atoms with Crippen LogP contribution >= 0.6 is 15.9 Å². The number of para-hydroxylation sites is 1. The summed E-state index contributed by atoms with van der Waals surface area (Å²) in [7, 11) is 0. The van der Waals surface area contributed by atoms with Crippen molar-refractivity contribution in [3.8, 4) is 11.5 Å². The van der Waals surface area contributed by atoms with Gasteiger partial charge in [-0.25, -0.2) is 4.79 Å². The molecule has 0 atom stereocenters. The number of fused-ring (bicyclic) bond motifs is 1. The average molecular weight is 460 g/mol. The summed E-state index contributed by atoms with van der Waals surface area (Å²) in [6.07, 6.45) is 1.30. The highest BCUT2D eigenvalue weighted by atomic mass is 79.9. The van der Waals surface area contributed by atoms with Gasteiger partial charge in [-0.2, -0.15) is 0 Å². The SMILES string of the molecule is CCOC(=O)c1c(C)oc2cc(Br)c(O)c(C=NCC(=O)c3ccccc3O)c12. The highest BCUT2D eigenvalue weighted by molar-refractivity contribution is 9.10. The fourth-order valence-electron chi connectivity index (χ4n) is 2.95. The predicted molar refractivity (Wildman–Crippen MR) is 111 cm³/mol. The Morgan fingerprint density at radius 1 is 1.28 bits per heavy atom. The first-order chi connectivity index (χ1) is 13.8. The van der Waals surface area contributed by atoms with Crippen molar-refractivity contribution >= 4 is 44.9 Å². The number of esters is 1. The Labute approximate surface area is 174 Å². The monoisotopic (exact) mass is 459 g/mol. The predicted octanol–water partition coefficient (Wildman–Crippen LogP) is 4.39. The lowest BCUT2D eigenvalue weighted by molar-refractivity contribution is 0.0526. The number of hydrogen-bond donors (Lipinski definition) is 2. The molecule has 8 heteroatoms. The fraction of sp³-hybridized carbons (Fsp3) is 0.190. The highest BCUT2D eigenvalue weighted by Crippen LogP contribution is 2.38. The summed E-state index contributed by atoms with van der Waals surface area (Å²) in [5.74, 6) is -0.904. The molecule has 0 fully saturated rings. The molecule has 29 heavy (non-hydrogen) atoms. The van der Waals surface area contributed by atoms with Crippen LogP contribution in [0.25, 0.3) is 11.0 Å². The van der Waals surface area contributed by atoms with Crippen molar-refractivity contribution in [2.45, 2.75) is 13.8 Å². The van der Waals surface area contributed by atoms with E-state index in [1.807, 2.05) is 0 Å². The van der Waals surface area contributed by atoms with Crippen LogP contribution in [0.15, 0.2) is 44.2 Å². The van der Waals surface area contributed by atoms with Crippen LogP contribution in [0.3, 0.4) is 0 Å². The van der Waals surface area contributed by atoms with Crippen molar-refractivity contribution in [3.63, 3.8) is 0 Å². The number of aromatic hydroxyl groups is 2. The number of phenols is 2. The molecule has 1 heterocycles. The van der Waals surface area contributed by atoms with Gasteiger partial charge in [0.05, 0.1) is 16.6 Å². The number of carbonyl (C=O) groups is 2. The number of Topliss-reactive ketones (excluding diaryl/α,β-unsaturated/α-hetero) is 1. The summed E-state index contributed by atoms with van der Waals surface area (Å²) in [6.45, 7) is 3.25. The molecule has 0 aliphatic heterocycles. The molecule has 0 bridgehead atoms. The fourth-order valence-corrected chi connectivity index (χ4v) is 3.38. The third-order valence-electron chi connectivity index (χ3n) is 4.26. The van der Waals surface area contributed by atoms with Crippen LogP contribution in [0.2, 0.25) is 0 Å². The maximum Gasteiger partial charge on any atom is 0.342 e. The molecule has 0 saturated carbocycles. The van der Waals surface area contributed by atoms with Gasteiger partial charge in [0.15, 0.2) is 5.78 Å². The minimum atomic E-state index is -0.578. The number of furan rings is 1. The second-order valence-corrected chi connectivity index (χ2v) is 7.01. The first kappa shape index (κ1) is 20.6. The van der Waals surface area contributed by atoms with Crippen molar-refractivity contribution in [1.82, 2.24) is 0 Å². The van der Waals surface area contributed by atoms with E-state index in [4.69, 9.17) is 9.15 Å². The lowest BCUT2D eigenvalue weighted by atomic mass is 10.0. The second kappa shape index (κ2) is 8.48. The van der Waals surface area contributed by atoms with E-state index in [1.165, 1.54) is 18.3 Å². The van der Waals surface area contributed by atoms with E-state index in [2.05, 4.69) is 20.9 Å². The molecule has 0 aliphatic rings. The number of carbonyl (C=O) groups excluding carboxylic acids is 2. The Morgan fingerprint density at radius 2 is 2.00 bits per heavy atom. The number of benzene rings is 2. The van der Waals surface area contributed by atoms with Crippen molar-refractivity contribution in [2.24, 2.45) is 4.99 Å². The summed E-state index contributed by atoms with van der Waals surface area (Å²) < 4.78 is 11.1. The number of nitrogens with zero attached hydrogens (tertiary/aromatic N) is 1. The maximum absolute atomic E-state index is 12.4. The van der Waals surface area contributed by atoms with E-state index >= 15 is 0 Å². The molecule has 0 aliphatic carbocycles. The Bertz CT molecular complexity index is 1130. The molecular weight excluding hydrogens is 442 g/mol. The van der Waals surface area contributed by atoms with E-state index in [0.717, 1.165) is 0 Å². The van der Waals surface area contributed by atoms with Crippen molar-refractivity contribution in [3.05, 3.63) is 57.3 Å². The third-order valence-corrected chi connectivity index (χ3v) is 4.86. The quantitative estimate of drug-likeness (QED) is 0.321. The summed E-state index contributed by atoms with van der Waals surface area (Å²) in [4.78, 5) is 28.8. The van der Waals surface area contributed by atoms with E-state index in [1.54, 1.807) is 32.0 Å². The van der Waals surface area contributed by atoms with Gasteiger partial charge in [0, 0.05) is 17.2 Å². The van der Waals surface area contributed by atoms with Gasteiger partial charge in [0.2, 0.25) is 0 Å². The maximum atomic E-state index is 12.4. The van der Waals surface area contributed by atoms with Gasteiger partial charge in [0.1, 0.15) is 35.0 Å². The number of aryl methyl sites for hydroxylation is 1. The van der Waals surface area contributed by atoms with Crippen LogP contribution in [0.5, 0.6) is 11.5 Å². The molecule has 0 amide bonds. The minimum absolute atomic E-state index is 0.129.